The Labute approximate surface area is 93.2 Å². The van der Waals surface area contributed by atoms with E-state index in [4.69, 9.17) is 4.74 Å². The summed E-state index contributed by atoms with van der Waals surface area (Å²) in [6, 6.07) is 0. The van der Waals surface area contributed by atoms with Crippen LogP contribution in [0, 0.1) is 0 Å². The van der Waals surface area contributed by atoms with Crippen LogP contribution in [-0.4, -0.2) is 49.8 Å². The predicted octanol–water partition coefficient (Wildman–Crippen LogP) is 1.24. The molecule has 0 bridgehead atoms. The Bertz CT molecular complexity index is 184. The Morgan fingerprint density at radius 2 is 2.07 bits per heavy atom. The minimum Gasteiger partial charge on any atom is -0.373 e. The number of nitrogens with zero attached hydrogens (tertiary/aromatic N) is 1. The second-order valence-electron chi connectivity index (χ2n) is 5.13. The zero-order valence-corrected chi connectivity index (χ0v) is 9.93. The first-order valence-electron chi connectivity index (χ1n) is 6.36. The summed E-state index contributed by atoms with van der Waals surface area (Å²) in [5, 5.41) is 3.42. The van der Waals surface area contributed by atoms with Crippen LogP contribution in [0.25, 0.3) is 0 Å². The number of ether oxygens (including phenoxy) is 1. The van der Waals surface area contributed by atoms with E-state index in [0.717, 1.165) is 26.2 Å². The Morgan fingerprint density at radius 3 is 2.73 bits per heavy atom. The Kier molecular flexibility index (Phi) is 4.00. The van der Waals surface area contributed by atoms with Crippen LogP contribution in [-0.2, 0) is 4.74 Å². The van der Waals surface area contributed by atoms with Crippen molar-refractivity contribution < 1.29 is 4.74 Å². The minimum absolute atomic E-state index is 0.0952. The molecule has 0 amide bonds. The van der Waals surface area contributed by atoms with Gasteiger partial charge < -0.3 is 15.0 Å². The SMILES string of the molecule is CC1(OCCN2CCCC2)CCCNC1. The lowest BCUT2D eigenvalue weighted by Crippen LogP contribution is -2.46. The van der Waals surface area contributed by atoms with Gasteiger partial charge in [0.25, 0.3) is 0 Å². The molecule has 0 aromatic heterocycles. The van der Waals surface area contributed by atoms with Gasteiger partial charge in [0.15, 0.2) is 0 Å². The Balaban J connectivity index is 1.63. The minimum atomic E-state index is 0.0952. The molecule has 2 saturated heterocycles. The van der Waals surface area contributed by atoms with Crippen LogP contribution in [0.4, 0.5) is 0 Å². The topological polar surface area (TPSA) is 24.5 Å². The third kappa shape index (κ3) is 3.44. The molecule has 0 aromatic carbocycles. The van der Waals surface area contributed by atoms with Gasteiger partial charge in [-0.2, -0.15) is 0 Å². The van der Waals surface area contributed by atoms with Gasteiger partial charge in [-0.15, -0.1) is 0 Å². The molecule has 1 unspecified atom stereocenters. The van der Waals surface area contributed by atoms with Gasteiger partial charge >= 0.3 is 0 Å². The molecule has 0 spiro atoms. The fourth-order valence-electron chi connectivity index (χ4n) is 2.58. The standard InChI is InChI=1S/C12H24N2O/c1-12(5-4-6-13-11-12)15-10-9-14-7-2-3-8-14/h13H,2-11H2,1H3. The number of hydrogen-bond acceptors (Lipinski definition) is 3. The van der Waals surface area contributed by atoms with Gasteiger partial charge in [0.2, 0.25) is 0 Å². The van der Waals surface area contributed by atoms with Gasteiger partial charge in [0.05, 0.1) is 12.2 Å². The number of nitrogens with one attached hydrogen (secondary N) is 1. The Hall–Kier alpha value is -0.120. The first-order chi connectivity index (χ1) is 7.29. The lowest BCUT2D eigenvalue weighted by Gasteiger charge is -2.34. The Morgan fingerprint density at radius 1 is 1.27 bits per heavy atom. The third-order valence-corrected chi connectivity index (χ3v) is 3.61. The van der Waals surface area contributed by atoms with Crippen molar-refractivity contribution >= 4 is 0 Å². The van der Waals surface area contributed by atoms with E-state index in [1.165, 1.54) is 38.8 Å². The monoisotopic (exact) mass is 212 g/mol. The van der Waals surface area contributed by atoms with E-state index in [2.05, 4.69) is 17.1 Å². The van der Waals surface area contributed by atoms with Crippen LogP contribution in [0.2, 0.25) is 0 Å². The fourth-order valence-corrected chi connectivity index (χ4v) is 2.58. The van der Waals surface area contributed by atoms with E-state index in [9.17, 15) is 0 Å². The zero-order chi connectivity index (χ0) is 10.6. The van der Waals surface area contributed by atoms with Gasteiger partial charge in [-0.25, -0.2) is 0 Å². The van der Waals surface area contributed by atoms with Crippen LogP contribution in [0.5, 0.6) is 0 Å². The smallest absolute Gasteiger partial charge is 0.0779 e. The molecule has 2 rings (SSSR count). The summed E-state index contributed by atoms with van der Waals surface area (Å²) < 4.78 is 6.03. The molecule has 2 aliphatic rings. The summed E-state index contributed by atoms with van der Waals surface area (Å²) in [5.74, 6) is 0. The van der Waals surface area contributed by atoms with E-state index < -0.39 is 0 Å². The molecule has 15 heavy (non-hydrogen) atoms. The number of hydrogen-bond donors (Lipinski definition) is 1. The van der Waals surface area contributed by atoms with Gasteiger partial charge in [-0.05, 0) is 52.2 Å². The van der Waals surface area contributed by atoms with Crippen molar-refractivity contribution in [2.75, 3.05) is 39.3 Å². The van der Waals surface area contributed by atoms with Crippen molar-refractivity contribution in [2.24, 2.45) is 0 Å². The first kappa shape index (κ1) is 11.4. The van der Waals surface area contributed by atoms with E-state index in [1.807, 2.05) is 0 Å². The van der Waals surface area contributed by atoms with Gasteiger partial charge in [-0.1, -0.05) is 0 Å². The average Bonchev–Trinajstić information content (AvgIpc) is 2.71. The summed E-state index contributed by atoms with van der Waals surface area (Å²) in [6.45, 7) is 8.99. The molecule has 88 valence electrons. The number of likely N-dealkylation sites (tertiary alicyclic amines) is 1. The van der Waals surface area contributed by atoms with E-state index in [1.54, 1.807) is 0 Å². The molecule has 2 aliphatic heterocycles. The maximum atomic E-state index is 6.03. The highest BCUT2D eigenvalue weighted by Crippen LogP contribution is 2.20. The predicted molar refractivity (Wildman–Crippen MR) is 62.1 cm³/mol. The number of piperidine rings is 1. The van der Waals surface area contributed by atoms with Crippen LogP contribution < -0.4 is 5.32 Å². The maximum absolute atomic E-state index is 6.03. The summed E-state index contributed by atoms with van der Waals surface area (Å²) in [5.41, 5.74) is 0.0952. The molecule has 3 nitrogen and oxygen atoms in total. The highest BCUT2D eigenvalue weighted by atomic mass is 16.5. The number of rotatable bonds is 4. The molecule has 0 aromatic rings. The molecule has 1 N–H and O–H groups in total. The van der Waals surface area contributed by atoms with Gasteiger partial charge in [0.1, 0.15) is 0 Å². The molecule has 0 saturated carbocycles. The quantitative estimate of drug-likeness (QED) is 0.759. The van der Waals surface area contributed by atoms with E-state index in [0.29, 0.717) is 0 Å². The zero-order valence-electron chi connectivity index (χ0n) is 9.93. The van der Waals surface area contributed by atoms with E-state index >= 15 is 0 Å². The fraction of sp³-hybridized carbons (Fsp3) is 1.00. The van der Waals surface area contributed by atoms with Crippen LogP contribution in [0.15, 0.2) is 0 Å². The largest absolute Gasteiger partial charge is 0.373 e. The molecule has 0 aliphatic carbocycles. The highest BCUT2D eigenvalue weighted by Gasteiger charge is 2.27. The van der Waals surface area contributed by atoms with Gasteiger partial charge in [0, 0.05) is 13.1 Å². The molecule has 3 heteroatoms. The normalized spacial score (nSPS) is 33.4. The average molecular weight is 212 g/mol. The van der Waals surface area contributed by atoms with Crippen LogP contribution >= 0.6 is 0 Å². The van der Waals surface area contributed by atoms with Crippen molar-refractivity contribution in [3.05, 3.63) is 0 Å². The summed E-state index contributed by atoms with van der Waals surface area (Å²) in [7, 11) is 0. The lowest BCUT2D eigenvalue weighted by molar-refractivity contribution is -0.0518. The van der Waals surface area contributed by atoms with Crippen LogP contribution in [0.3, 0.4) is 0 Å². The third-order valence-electron chi connectivity index (χ3n) is 3.61. The lowest BCUT2D eigenvalue weighted by atomic mass is 9.96. The van der Waals surface area contributed by atoms with Crippen molar-refractivity contribution in [1.29, 1.82) is 0 Å². The maximum Gasteiger partial charge on any atom is 0.0779 e. The van der Waals surface area contributed by atoms with Crippen LogP contribution in [0.1, 0.15) is 32.6 Å². The highest BCUT2D eigenvalue weighted by molar-refractivity contribution is 4.82. The second kappa shape index (κ2) is 5.28. The molecular formula is C12H24N2O. The molecule has 2 heterocycles. The summed E-state index contributed by atoms with van der Waals surface area (Å²) >= 11 is 0. The molecular weight excluding hydrogens is 188 g/mol. The van der Waals surface area contributed by atoms with Crippen molar-refractivity contribution in [2.45, 2.75) is 38.2 Å². The first-order valence-corrected chi connectivity index (χ1v) is 6.36. The molecule has 2 fully saturated rings. The summed E-state index contributed by atoms with van der Waals surface area (Å²) in [6.07, 6.45) is 5.21. The van der Waals surface area contributed by atoms with Crippen molar-refractivity contribution in [3.8, 4) is 0 Å². The van der Waals surface area contributed by atoms with Gasteiger partial charge in [-0.3, -0.25) is 0 Å². The van der Waals surface area contributed by atoms with Crippen molar-refractivity contribution in [1.82, 2.24) is 10.2 Å². The van der Waals surface area contributed by atoms with E-state index in [-0.39, 0.29) is 5.60 Å². The second-order valence-corrected chi connectivity index (χ2v) is 5.13. The van der Waals surface area contributed by atoms with Crippen molar-refractivity contribution in [3.63, 3.8) is 0 Å². The molecule has 1 atom stereocenters. The molecule has 0 radical (unpaired) electrons. The summed E-state index contributed by atoms with van der Waals surface area (Å²) in [4.78, 5) is 2.51.